The minimum Gasteiger partial charge on any atom is -0.458 e. The van der Waals surface area contributed by atoms with Crippen molar-refractivity contribution in [2.45, 2.75) is 64.3 Å². The number of fused-ring (bicyclic) bond motifs is 5. The summed E-state index contributed by atoms with van der Waals surface area (Å²) >= 11 is 0. The normalized spacial score (nSPS) is 20.6. The maximum atomic E-state index is 15.0. The fraction of sp³-hybridized carbons (Fsp3) is 0.448. The van der Waals surface area contributed by atoms with Crippen molar-refractivity contribution in [3.05, 3.63) is 61.7 Å². The maximum Gasteiger partial charge on any atom is 0.343 e. The molecule has 3 aliphatic rings. The number of benzene rings is 1. The molecule has 2 atom stereocenters. The summed E-state index contributed by atoms with van der Waals surface area (Å²) in [6.07, 6.45) is 1.67. The van der Waals surface area contributed by atoms with Crippen LogP contribution in [-0.4, -0.2) is 51.3 Å². The first kappa shape index (κ1) is 26.5. The Labute approximate surface area is 229 Å². The highest BCUT2D eigenvalue weighted by molar-refractivity contribution is 5.94. The van der Waals surface area contributed by atoms with Crippen LogP contribution in [0.5, 0.6) is 0 Å². The summed E-state index contributed by atoms with van der Waals surface area (Å²) in [7, 11) is 0. The molecule has 3 aromatic rings. The Morgan fingerprint density at radius 2 is 2.08 bits per heavy atom. The molecule has 0 bridgehead atoms. The molecule has 10 nitrogen and oxygen atoms in total. The second kappa shape index (κ2) is 9.76. The summed E-state index contributed by atoms with van der Waals surface area (Å²) in [5.41, 5.74) is 2.38. The van der Waals surface area contributed by atoms with E-state index in [1.54, 1.807) is 17.6 Å². The molecular weight excluding hydrogens is 519 g/mol. The molecule has 0 saturated heterocycles. The summed E-state index contributed by atoms with van der Waals surface area (Å²) in [4.78, 5) is 44.0. The van der Waals surface area contributed by atoms with Crippen molar-refractivity contribution in [1.82, 2.24) is 20.2 Å². The first-order valence-electron chi connectivity index (χ1n) is 13.6. The molecule has 2 aliphatic heterocycles. The van der Waals surface area contributed by atoms with Crippen LogP contribution in [0.1, 0.15) is 65.6 Å². The first-order chi connectivity index (χ1) is 19.2. The number of rotatable bonds is 7. The van der Waals surface area contributed by atoms with Crippen molar-refractivity contribution in [3.63, 3.8) is 0 Å². The summed E-state index contributed by atoms with van der Waals surface area (Å²) in [5, 5.41) is 27.1. The number of halogens is 1. The smallest absolute Gasteiger partial charge is 0.343 e. The van der Waals surface area contributed by atoms with Gasteiger partial charge in [0.25, 0.3) is 5.56 Å². The number of carbonyl (C=O) groups is 2. The van der Waals surface area contributed by atoms with Crippen molar-refractivity contribution in [3.8, 4) is 11.4 Å². The lowest BCUT2D eigenvalue weighted by Gasteiger charge is -2.32. The van der Waals surface area contributed by atoms with E-state index in [9.17, 15) is 19.5 Å². The van der Waals surface area contributed by atoms with Gasteiger partial charge in [-0.05, 0) is 48.9 Å². The van der Waals surface area contributed by atoms with Crippen LogP contribution in [0.15, 0.2) is 16.9 Å². The van der Waals surface area contributed by atoms with Crippen molar-refractivity contribution in [1.29, 1.82) is 0 Å². The number of aliphatic hydroxyl groups is 2. The van der Waals surface area contributed by atoms with Gasteiger partial charge < -0.3 is 30.2 Å². The third-order valence-electron chi connectivity index (χ3n) is 8.39. The summed E-state index contributed by atoms with van der Waals surface area (Å²) in [6.45, 7) is 3.74. The van der Waals surface area contributed by atoms with Crippen LogP contribution in [-0.2, 0) is 39.5 Å². The predicted octanol–water partition coefficient (Wildman–Crippen LogP) is 1.60. The highest BCUT2D eigenvalue weighted by atomic mass is 19.1. The zero-order chi connectivity index (χ0) is 28.3. The molecule has 0 saturated carbocycles. The van der Waals surface area contributed by atoms with E-state index >= 15 is 4.39 Å². The van der Waals surface area contributed by atoms with Crippen LogP contribution in [0.3, 0.4) is 0 Å². The summed E-state index contributed by atoms with van der Waals surface area (Å²) < 4.78 is 21.8. The molecule has 0 radical (unpaired) electrons. The molecule has 1 aliphatic carbocycles. The lowest BCUT2D eigenvalue weighted by atomic mass is 9.81. The van der Waals surface area contributed by atoms with Crippen molar-refractivity contribution >= 4 is 22.8 Å². The van der Waals surface area contributed by atoms with Crippen LogP contribution < -0.4 is 16.2 Å². The van der Waals surface area contributed by atoms with Gasteiger partial charge >= 0.3 is 5.97 Å². The number of ether oxygens (including phenoxy) is 1. The molecular formula is C29H31FN4O6. The van der Waals surface area contributed by atoms with E-state index in [0.29, 0.717) is 41.7 Å². The largest absolute Gasteiger partial charge is 0.458 e. The molecule has 0 unspecified atom stereocenters. The third kappa shape index (κ3) is 3.87. The Balaban J connectivity index is 1.56. The van der Waals surface area contributed by atoms with Crippen LogP contribution in [0, 0.1) is 12.7 Å². The van der Waals surface area contributed by atoms with Crippen molar-refractivity contribution in [2.24, 2.45) is 0 Å². The summed E-state index contributed by atoms with van der Waals surface area (Å²) in [5.74, 6) is -1.41. The number of aryl methyl sites for hydroxylation is 1. The molecule has 4 N–H and O–H groups in total. The number of esters is 1. The second-order valence-corrected chi connectivity index (χ2v) is 10.8. The van der Waals surface area contributed by atoms with Gasteiger partial charge in [0.05, 0.1) is 48.2 Å². The third-order valence-corrected chi connectivity index (χ3v) is 8.39. The SMILES string of the molecule is CCC[C@@]1(O)C(=O)OCc2c1cc1n(c2=O)Cc2c-1nc1cc(F)c(C)c3c1c2[C@@H](NC(=O)CNCCO)CC3. The van der Waals surface area contributed by atoms with Gasteiger partial charge in [-0.3, -0.25) is 9.59 Å². The number of hydrogen-bond acceptors (Lipinski definition) is 8. The number of amides is 1. The van der Waals surface area contributed by atoms with E-state index in [1.165, 1.54) is 6.07 Å². The highest BCUT2D eigenvalue weighted by Gasteiger charge is 2.46. The molecule has 40 heavy (non-hydrogen) atoms. The maximum absolute atomic E-state index is 15.0. The Morgan fingerprint density at radius 1 is 1.27 bits per heavy atom. The number of aliphatic hydroxyl groups excluding tert-OH is 1. The molecule has 2 aromatic heterocycles. The first-order valence-corrected chi connectivity index (χ1v) is 13.6. The highest BCUT2D eigenvalue weighted by Crippen LogP contribution is 2.46. The summed E-state index contributed by atoms with van der Waals surface area (Å²) in [6, 6.07) is 2.63. The average Bonchev–Trinajstić information content (AvgIpc) is 3.29. The van der Waals surface area contributed by atoms with E-state index < -0.39 is 17.6 Å². The lowest BCUT2D eigenvalue weighted by molar-refractivity contribution is -0.172. The Bertz CT molecular complexity index is 1650. The van der Waals surface area contributed by atoms with Gasteiger partial charge in [-0.1, -0.05) is 13.3 Å². The fourth-order valence-corrected chi connectivity index (χ4v) is 6.49. The van der Waals surface area contributed by atoms with Crippen molar-refractivity contribution < 1.29 is 28.9 Å². The van der Waals surface area contributed by atoms with E-state index in [0.717, 1.165) is 22.1 Å². The average molecular weight is 551 g/mol. The van der Waals surface area contributed by atoms with Gasteiger partial charge in [-0.15, -0.1) is 0 Å². The van der Waals surface area contributed by atoms with E-state index in [1.807, 2.05) is 6.92 Å². The number of nitrogens with zero attached hydrogens (tertiary/aromatic N) is 2. The van der Waals surface area contributed by atoms with E-state index in [-0.39, 0.29) is 67.7 Å². The van der Waals surface area contributed by atoms with Gasteiger partial charge in [0, 0.05) is 29.1 Å². The topological polar surface area (TPSA) is 143 Å². The number of pyridine rings is 2. The predicted molar refractivity (Wildman–Crippen MR) is 143 cm³/mol. The second-order valence-electron chi connectivity index (χ2n) is 10.8. The van der Waals surface area contributed by atoms with Gasteiger partial charge in [-0.2, -0.15) is 0 Å². The number of aromatic nitrogens is 2. The molecule has 11 heteroatoms. The van der Waals surface area contributed by atoms with E-state index in [4.69, 9.17) is 14.8 Å². The Kier molecular flexibility index (Phi) is 6.47. The van der Waals surface area contributed by atoms with Crippen LogP contribution in [0.25, 0.3) is 22.3 Å². The van der Waals surface area contributed by atoms with Crippen LogP contribution in [0.4, 0.5) is 4.39 Å². The standard InChI is InChI=1S/C29H31FN4O6/c1-3-6-29(39)18-9-22-26-16(12-34(22)27(37)17(18)13-40-28(29)38)25-20(32-23(36)11-31-7-8-35)5-4-15-14(2)19(30)10-21(33-26)24(15)25/h9-10,20,31,35,39H,3-8,11-13H2,1-2H3,(H,32,36)/t20-,29-/m0/s1. The fourth-order valence-electron chi connectivity index (χ4n) is 6.49. The van der Waals surface area contributed by atoms with Gasteiger partial charge in [0.15, 0.2) is 5.60 Å². The molecule has 4 heterocycles. The molecule has 6 rings (SSSR count). The monoisotopic (exact) mass is 550 g/mol. The molecule has 1 amide bonds. The molecule has 0 spiro atoms. The Hall–Kier alpha value is -3.67. The zero-order valence-corrected chi connectivity index (χ0v) is 22.4. The lowest BCUT2D eigenvalue weighted by Crippen LogP contribution is -2.44. The van der Waals surface area contributed by atoms with Crippen LogP contribution >= 0.6 is 0 Å². The van der Waals surface area contributed by atoms with Gasteiger partial charge in [0.1, 0.15) is 12.4 Å². The molecule has 1 aromatic carbocycles. The number of nitrogens with one attached hydrogen (secondary N) is 2. The van der Waals surface area contributed by atoms with Crippen LogP contribution in [0.2, 0.25) is 0 Å². The quantitative estimate of drug-likeness (QED) is 0.201. The van der Waals surface area contributed by atoms with Gasteiger partial charge in [-0.25, -0.2) is 14.2 Å². The number of carbonyl (C=O) groups excluding carboxylic acids is 2. The van der Waals surface area contributed by atoms with E-state index in [2.05, 4.69) is 10.6 Å². The zero-order valence-electron chi connectivity index (χ0n) is 22.4. The molecule has 210 valence electrons. The Morgan fingerprint density at radius 3 is 2.83 bits per heavy atom. The van der Waals surface area contributed by atoms with Gasteiger partial charge in [0.2, 0.25) is 5.91 Å². The number of hydrogen-bond donors (Lipinski definition) is 4. The number of cyclic esters (lactones) is 1. The minimum atomic E-state index is -1.95. The minimum absolute atomic E-state index is 0.0270. The van der Waals surface area contributed by atoms with Crippen molar-refractivity contribution in [2.75, 3.05) is 19.7 Å². The molecule has 0 fully saturated rings.